The van der Waals surface area contributed by atoms with Gasteiger partial charge in [-0.05, 0) is 31.8 Å². The molecular formula is C11H17NO2. The zero-order valence-electron chi connectivity index (χ0n) is 8.90. The molecule has 0 fully saturated rings. The second kappa shape index (κ2) is 4.98. The maximum Gasteiger partial charge on any atom is 0.119 e. The molecule has 0 aliphatic heterocycles. The van der Waals surface area contributed by atoms with Gasteiger partial charge in [0.15, 0.2) is 0 Å². The number of nitrogens with zero attached hydrogens (tertiary/aromatic N) is 1. The Morgan fingerprint density at radius 2 is 2.14 bits per heavy atom. The minimum absolute atomic E-state index is 0.0325. The number of benzene rings is 1. The van der Waals surface area contributed by atoms with E-state index in [1.54, 1.807) is 7.11 Å². The van der Waals surface area contributed by atoms with E-state index in [9.17, 15) is 5.11 Å². The summed E-state index contributed by atoms with van der Waals surface area (Å²) in [7, 11) is 5.53. The normalized spacial score (nSPS) is 12.9. The van der Waals surface area contributed by atoms with Crippen molar-refractivity contribution in [2.45, 2.75) is 6.04 Å². The Balaban J connectivity index is 2.92. The zero-order chi connectivity index (χ0) is 10.6. The molecule has 0 saturated heterocycles. The predicted molar refractivity (Wildman–Crippen MR) is 56.5 cm³/mol. The van der Waals surface area contributed by atoms with E-state index in [0.29, 0.717) is 0 Å². The molecule has 1 aromatic rings. The summed E-state index contributed by atoms with van der Waals surface area (Å²) in [5.41, 5.74) is 1.07. The summed E-state index contributed by atoms with van der Waals surface area (Å²) in [6.45, 7) is 0.111. The summed E-state index contributed by atoms with van der Waals surface area (Å²) >= 11 is 0. The number of aliphatic hydroxyl groups excluding tert-OH is 1. The fraction of sp³-hybridized carbons (Fsp3) is 0.455. The van der Waals surface area contributed by atoms with Crippen molar-refractivity contribution in [3.05, 3.63) is 29.8 Å². The highest BCUT2D eigenvalue weighted by Crippen LogP contribution is 2.21. The molecule has 3 heteroatoms. The monoisotopic (exact) mass is 195 g/mol. The molecule has 1 aromatic carbocycles. The van der Waals surface area contributed by atoms with Gasteiger partial charge in [-0.3, -0.25) is 0 Å². The Kier molecular flexibility index (Phi) is 3.92. The molecule has 3 nitrogen and oxygen atoms in total. The van der Waals surface area contributed by atoms with Crippen LogP contribution in [0.25, 0.3) is 0 Å². The van der Waals surface area contributed by atoms with Crippen LogP contribution in [0.3, 0.4) is 0 Å². The van der Waals surface area contributed by atoms with Crippen LogP contribution in [0.1, 0.15) is 11.6 Å². The number of likely N-dealkylation sites (N-methyl/N-ethyl adjacent to an activating group) is 1. The van der Waals surface area contributed by atoms with Crippen LogP contribution in [-0.4, -0.2) is 37.8 Å². The van der Waals surface area contributed by atoms with Crippen molar-refractivity contribution < 1.29 is 9.84 Å². The molecule has 1 N–H and O–H groups in total. The Morgan fingerprint density at radius 1 is 1.43 bits per heavy atom. The molecule has 0 radical (unpaired) electrons. The largest absolute Gasteiger partial charge is 0.497 e. The van der Waals surface area contributed by atoms with Crippen LogP contribution in [0.15, 0.2) is 24.3 Å². The highest BCUT2D eigenvalue weighted by Gasteiger charge is 2.12. The Labute approximate surface area is 84.9 Å². The van der Waals surface area contributed by atoms with Gasteiger partial charge in [0.1, 0.15) is 5.75 Å². The van der Waals surface area contributed by atoms with Crippen LogP contribution in [0, 0.1) is 0 Å². The maximum absolute atomic E-state index is 9.23. The van der Waals surface area contributed by atoms with E-state index in [1.165, 1.54) is 0 Å². The van der Waals surface area contributed by atoms with Gasteiger partial charge in [0.2, 0.25) is 0 Å². The summed E-state index contributed by atoms with van der Waals surface area (Å²) in [5, 5.41) is 9.23. The van der Waals surface area contributed by atoms with Crippen LogP contribution >= 0.6 is 0 Å². The molecule has 0 aliphatic carbocycles. The minimum Gasteiger partial charge on any atom is -0.497 e. The van der Waals surface area contributed by atoms with Crippen molar-refractivity contribution in [2.24, 2.45) is 0 Å². The van der Waals surface area contributed by atoms with E-state index in [4.69, 9.17) is 4.74 Å². The van der Waals surface area contributed by atoms with Gasteiger partial charge >= 0.3 is 0 Å². The van der Waals surface area contributed by atoms with Crippen molar-refractivity contribution in [2.75, 3.05) is 27.8 Å². The maximum atomic E-state index is 9.23. The number of rotatable bonds is 4. The number of ether oxygens (including phenoxy) is 1. The van der Waals surface area contributed by atoms with Crippen molar-refractivity contribution >= 4 is 0 Å². The van der Waals surface area contributed by atoms with Crippen molar-refractivity contribution in [1.29, 1.82) is 0 Å². The van der Waals surface area contributed by atoms with Crippen LogP contribution in [0.2, 0.25) is 0 Å². The smallest absolute Gasteiger partial charge is 0.119 e. The first-order valence-electron chi connectivity index (χ1n) is 4.60. The van der Waals surface area contributed by atoms with Gasteiger partial charge in [0, 0.05) is 0 Å². The fourth-order valence-corrected chi connectivity index (χ4v) is 1.42. The standard InChI is InChI=1S/C11H17NO2/c1-12(2)11(8-13)9-5-4-6-10(7-9)14-3/h4-7,11,13H,8H2,1-3H3/t11-/m0/s1. The third-order valence-corrected chi connectivity index (χ3v) is 2.27. The molecule has 0 amide bonds. The lowest BCUT2D eigenvalue weighted by molar-refractivity contribution is 0.170. The highest BCUT2D eigenvalue weighted by atomic mass is 16.5. The average molecular weight is 195 g/mol. The van der Waals surface area contributed by atoms with Gasteiger partial charge in [-0.2, -0.15) is 0 Å². The summed E-state index contributed by atoms with van der Waals surface area (Å²) in [6, 6.07) is 7.79. The van der Waals surface area contributed by atoms with E-state index in [1.807, 2.05) is 43.3 Å². The van der Waals surface area contributed by atoms with Crippen molar-refractivity contribution in [1.82, 2.24) is 4.90 Å². The quantitative estimate of drug-likeness (QED) is 0.785. The van der Waals surface area contributed by atoms with Gasteiger partial charge in [-0.15, -0.1) is 0 Å². The first-order chi connectivity index (χ1) is 6.69. The summed E-state index contributed by atoms with van der Waals surface area (Å²) in [6.07, 6.45) is 0. The molecule has 0 aliphatic rings. The van der Waals surface area contributed by atoms with Gasteiger partial charge in [-0.1, -0.05) is 12.1 Å². The number of aliphatic hydroxyl groups is 1. The lowest BCUT2D eigenvalue weighted by atomic mass is 10.1. The second-order valence-corrected chi connectivity index (χ2v) is 3.44. The average Bonchev–Trinajstić information content (AvgIpc) is 2.19. The van der Waals surface area contributed by atoms with Gasteiger partial charge < -0.3 is 14.7 Å². The Bertz CT molecular complexity index is 286. The van der Waals surface area contributed by atoms with Gasteiger partial charge in [0.05, 0.1) is 19.8 Å². The van der Waals surface area contributed by atoms with E-state index in [-0.39, 0.29) is 12.6 Å². The number of methoxy groups -OCH3 is 1. The number of hydrogen-bond donors (Lipinski definition) is 1. The topological polar surface area (TPSA) is 32.7 Å². The molecule has 78 valence electrons. The van der Waals surface area contributed by atoms with Crippen LogP contribution in [0.5, 0.6) is 5.75 Å². The third kappa shape index (κ3) is 2.47. The molecule has 1 rings (SSSR count). The van der Waals surface area contributed by atoms with E-state index >= 15 is 0 Å². The van der Waals surface area contributed by atoms with Gasteiger partial charge in [-0.25, -0.2) is 0 Å². The summed E-state index contributed by atoms with van der Waals surface area (Å²) < 4.78 is 5.13. The van der Waals surface area contributed by atoms with Crippen molar-refractivity contribution in [3.63, 3.8) is 0 Å². The molecule has 0 unspecified atom stereocenters. The molecule has 1 atom stereocenters. The first-order valence-corrected chi connectivity index (χ1v) is 4.60. The molecule has 0 aromatic heterocycles. The Morgan fingerprint density at radius 3 is 2.64 bits per heavy atom. The Hall–Kier alpha value is -1.06. The molecule has 14 heavy (non-hydrogen) atoms. The molecular weight excluding hydrogens is 178 g/mol. The minimum atomic E-state index is 0.0325. The van der Waals surface area contributed by atoms with Gasteiger partial charge in [0.25, 0.3) is 0 Å². The van der Waals surface area contributed by atoms with E-state index in [0.717, 1.165) is 11.3 Å². The van der Waals surface area contributed by atoms with E-state index in [2.05, 4.69) is 0 Å². The molecule has 0 heterocycles. The summed E-state index contributed by atoms with van der Waals surface area (Å²) in [5.74, 6) is 0.822. The molecule has 0 saturated carbocycles. The van der Waals surface area contributed by atoms with Crippen LogP contribution < -0.4 is 4.74 Å². The molecule has 0 spiro atoms. The van der Waals surface area contributed by atoms with Crippen LogP contribution in [-0.2, 0) is 0 Å². The van der Waals surface area contributed by atoms with E-state index < -0.39 is 0 Å². The summed E-state index contributed by atoms with van der Waals surface area (Å²) in [4.78, 5) is 1.98. The first kappa shape index (κ1) is 11.0. The zero-order valence-corrected chi connectivity index (χ0v) is 8.90. The number of hydrogen-bond acceptors (Lipinski definition) is 3. The third-order valence-electron chi connectivity index (χ3n) is 2.27. The second-order valence-electron chi connectivity index (χ2n) is 3.44. The fourth-order valence-electron chi connectivity index (χ4n) is 1.42. The van der Waals surface area contributed by atoms with Crippen LogP contribution in [0.4, 0.5) is 0 Å². The SMILES string of the molecule is COc1cccc([C@H](CO)N(C)C)c1. The highest BCUT2D eigenvalue weighted by molar-refractivity contribution is 5.30. The molecule has 0 bridgehead atoms. The van der Waals surface area contributed by atoms with Crippen molar-refractivity contribution in [3.8, 4) is 5.75 Å². The lowest BCUT2D eigenvalue weighted by Crippen LogP contribution is -2.22. The predicted octanol–water partition coefficient (Wildman–Crippen LogP) is 1.29. The lowest BCUT2D eigenvalue weighted by Gasteiger charge is -2.22.